The lowest BCUT2D eigenvalue weighted by molar-refractivity contribution is -0.394. The maximum absolute atomic E-state index is 10.8. The third kappa shape index (κ3) is 2.71. The van der Waals surface area contributed by atoms with E-state index in [-0.39, 0.29) is 16.6 Å². The van der Waals surface area contributed by atoms with E-state index < -0.39 is 15.5 Å². The molecule has 7 heteroatoms. The van der Waals surface area contributed by atoms with Gasteiger partial charge >= 0.3 is 0 Å². The Kier molecular flexibility index (Phi) is 4.01. The molecule has 1 atom stereocenters. The predicted octanol–water partition coefficient (Wildman–Crippen LogP) is 3.67. The van der Waals surface area contributed by atoms with Crippen molar-refractivity contribution >= 4 is 23.0 Å². The van der Waals surface area contributed by atoms with E-state index in [1.807, 2.05) is 13.8 Å². The van der Waals surface area contributed by atoms with E-state index in [4.69, 9.17) is 11.6 Å². The van der Waals surface area contributed by atoms with Crippen molar-refractivity contribution in [2.75, 3.05) is 0 Å². The number of hydrogen-bond donors (Lipinski definition) is 0. The van der Waals surface area contributed by atoms with Gasteiger partial charge in [0.15, 0.2) is 0 Å². The number of non-ortho nitro benzene ring substituents is 1. The van der Waals surface area contributed by atoms with Gasteiger partial charge in [0.05, 0.1) is 15.9 Å². The van der Waals surface area contributed by atoms with Crippen LogP contribution in [-0.2, 0) is 0 Å². The first-order valence-electron chi connectivity index (χ1n) is 5.00. The van der Waals surface area contributed by atoms with Gasteiger partial charge < -0.3 is 0 Å². The third-order valence-corrected chi connectivity index (χ3v) is 3.03. The number of nitro groups is 2. The number of rotatable bonds is 4. The quantitative estimate of drug-likeness (QED) is 0.609. The Balaban J connectivity index is 3.48. The summed E-state index contributed by atoms with van der Waals surface area (Å²) in [6.45, 7) is 3.69. The zero-order valence-electron chi connectivity index (χ0n) is 9.34. The molecule has 0 bridgehead atoms. The Morgan fingerprint density at radius 3 is 2.29 bits per heavy atom. The van der Waals surface area contributed by atoms with Gasteiger partial charge in [-0.3, -0.25) is 20.2 Å². The lowest BCUT2D eigenvalue weighted by Crippen LogP contribution is -2.00. The van der Waals surface area contributed by atoms with Gasteiger partial charge in [-0.25, -0.2) is 0 Å². The minimum absolute atomic E-state index is 0.0186. The molecule has 1 rings (SSSR count). The molecule has 0 aliphatic rings. The largest absolute Gasteiger partial charge is 0.295 e. The van der Waals surface area contributed by atoms with Gasteiger partial charge in [0, 0.05) is 6.07 Å². The molecular weight excluding hydrogens is 248 g/mol. The van der Waals surface area contributed by atoms with Crippen molar-refractivity contribution in [2.45, 2.75) is 26.2 Å². The second-order valence-corrected chi connectivity index (χ2v) is 4.07. The predicted molar refractivity (Wildman–Crippen MR) is 63.5 cm³/mol. The molecule has 0 N–H and O–H groups in total. The van der Waals surface area contributed by atoms with Gasteiger partial charge in [0.1, 0.15) is 5.02 Å². The topological polar surface area (TPSA) is 86.3 Å². The zero-order valence-corrected chi connectivity index (χ0v) is 10.1. The van der Waals surface area contributed by atoms with Gasteiger partial charge in [-0.2, -0.15) is 0 Å². The first-order chi connectivity index (χ1) is 7.88. The fraction of sp³-hybridized carbons (Fsp3) is 0.400. The number of hydrogen-bond acceptors (Lipinski definition) is 4. The van der Waals surface area contributed by atoms with Crippen LogP contribution >= 0.6 is 11.6 Å². The van der Waals surface area contributed by atoms with Crippen LogP contribution in [0.2, 0.25) is 5.02 Å². The third-order valence-electron chi connectivity index (χ3n) is 2.62. The van der Waals surface area contributed by atoms with Gasteiger partial charge in [-0.1, -0.05) is 25.4 Å². The van der Waals surface area contributed by atoms with Crippen LogP contribution in [0.3, 0.4) is 0 Å². The van der Waals surface area contributed by atoms with Crippen molar-refractivity contribution in [3.05, 3.63) is 42.9 Å². The number of nitro benzene ring substituents is 2. The molecule has 1 aromatic rings. The lowest BCUT2D eigenvalue weighted by atomic mass is 9.97. The summed E-state index contributed by atoms with van der Waals surface area (Å²) in [6.07, 6.45) is 0.693. The molecule has 6 nitrogen and oxygen atoms in total. The summed E-state index contributed by atoms with van der Waals surface area (Å²) < 4.78 is 0. The molecule has 1 aromatic carbocycles. The average Bonchev–Trinajstić information content (AvgIpc) is 2.27. The first kappa shape index (κ1) is 13.4. The molecular formula is C10H11ClN2O4. The number of benzene rings is 1. The second-order valence-electron chi connectivity index (χ2n) is 3.69. The average molecular weight is 259 g/mol. The van der Waals surface area contributed by atoms with Crippen LogP contribution in [0.4, 0.5) is 11.4 Å². The van der Waals surface area contributed by atoms with Crippen LogP contribution in [-0.4, -0.2) is 9.85 Å². The molecule has 0 aromatic heterocycles. The summed E-state index contributed by atoms with van der Waals surface area (Å²) in [5.41, 5.74) is -0.289. The van der Waals surface area contributed by atoms with Crippen molar-refractivity contribution < 1.29 is 9.85 Å². The van der Waals surface area contributed by atoms with Crippen molar-refractivity contribution in [1.29, 1.82) is 0 Å². The van der Waals surface area contributed by atoms with Gasteiger partial charge in [0.25, 0.3) is 11.4 Å². The Labute approximate surface area is 103 Å². The maximum atomic E-state index is 10.8. The number of halogens is 1. The minimum Gasteiger partial charge on any atom is -0.258 e. The van der Waals surface area contributed by atoms with Crippen LogP contribution in [0.1, 0.15) is 31.7 Å². The zero-order chi connectivity index (χ0) is 13.2. The lowest BCUT2D eigenvalue weighted by Gasteiger charge is -2.10. The summed E-state index contributed by atoms with van der Waals surface area (Å²) in [4.78, 5) is 20.1. The van der Waals surface area contributed by atoms with Crippen LogP contribution in [0, 0.1) is 20.2 Å². The molecule has 0 aliphatic heterocycles. The Morgan fingerprint density at radius 1 is 1.29 bits per heavy atom. The Morgan fingerprint density at radius 2 is 1.88 bits per heavy atom. The van der Waals surface area contributed by atoms with Crippen molar-refractivity contribution in [2.24, 2.45) is 0 Å². The molecule has 0 amide bonds. The highest BCUT2D eigenvalue weighted by atomic mass is 35.5. The summed E-state index contributed by atoms with van der Waals surface area (Å²) in [7, 11) is 0. The summed E-state index contributed by atoms with van der Waals surface area (Å²) in [5.74, 6) is -0.0684. The van der Waals surface area contributed by atoms with Gasteiger partial charge in [0.2, 0.25) is 0 Å². The molecule has 0 saturated carbocycles. The van der Waals surface area contributed by atoms with Crippen molar-refractivity contribution in [1.82, 2.24) is 0 Å². The monoisotopic (exact) mass is 258 g/mol. The minimum atomic E-state index is -0.707. The van der Waals surface area contributed by atoms with Crippen LogP contribution < -0.4 is 0 Å². The highest BCUT2D eigenvalue weighted by Gasteiger charge is 2.24. The fourth-order valence-corrected chi connectivity index (χ4v) is 1.80. The van der Waals surface area contributed by atoms with E-state index in [1.54, 1.807) is 0 Å². The normalized spacial score (nSPS) is 12.2. The van der Waals surface area contributed by atoms with E-state index in [1.165, 1.54) is 6.07 Å². The van der Waals surface area contributed by atoms with Gasteiger partial charge in [-0.15, -0.1) is 0 Å². The first-order valence-corrected chi connectivity index (χ1v) is 5.38. The second kappa shape index (κ2) is 5.09. The maximum Gasteiger partial charge on any atom is 0.295 e. The van der Waals surface area contributed by atoms with E-state index >= 15 is 0 Å². The standard InChI is InChI=1S/C10H11ClN2O4/c1-3-6(2)8-4-7(12(14)15)5-9(10(8)11)13(16)17/h4-6H,3H2,1-2H3/t6-/m1/s1. The van der Waals surface area contributed by atoms with Crippen LogP contribution in [0.5, 0.6) is 0 Å². The molecule has 92 valence electrons. The molecule has 0 fully saturated rings. The summed E-state index contributed by atoms with van der Waals surface area (Å²) in [6, 6.07) is 2.18. The van der Waals surface area contributed by atoms with E-state index in [0.29, 0.717) is 12.0 Å². The van der Waals surface area contributed by atoms with E-state index in [2.05, 4.69) is 0 Å². The number of nitrogens with zero attached hydrogens (tertiary/aromatic N) is 2. The molecule has 0 unspecified atom stereocenters. The molecule has 0 heterocycles. The molecule has 0 radical (unpaired) electrons. The van der Waals surface area contributed by atoms with E-state index in [9.17, 15) is 20.2 Å². The SMILES string of the molecule is CC[C@@H](C)c1cc([N+](=O)[O-])cc([N+](=O)[O-])c1Cl. The molecule has 0 aliphatic carbocycles. The molecule has 0 saturated heterocycles. The van der Waals surface area contributed by atoms with Crippen LogP contribution in [0.15, 0.2) is 12.1 Å². The highest BCUT2D eigenvalue weighted by Crippen LogP contribution is 2.37. The highest BCUT2D eigenvalue weighted by molar-refractivity contribution is 6.33. The Hall–Kier alpha value is -1.69. The summed E-state index contributed by atoms with van der Waals surface area (Å²) in [5, 5.41) is 21.4. The van der Waals surface area contributed by atoms with E-state index in [0.717, 1.165) is 6.07 Å². The molecule has 0 spiro atoms. The summed E-state index contributed by atoms with van der Waals surface area (Å²) >= 11 is 5.89. The van der Waals surface area contributed by atoms with Crippen molar-refractivity contribution in [3.63, 3.8) is 0 Å². The Bertz CT molecular complexity index is 476. The molecule has 17 heavy (non-hydrogen) atoms. The van der Waals surface area contributed by atoms with Gasteiger partial charge in [-0.05, 0) is 17.9 Å². The smallest absolute Gasteiger partial charge is 0.258 e. The fourth-order valence-electron chi connectivity index (χ4n) is 1.43. The van der Waals surface area contributed by atoms with Crippen molar-refractivity contribution in [3.8, 4) is 0 Å². The van der Waals surface area contributed by atoms with Crippen LogP contribution in [0.25, 0.3) is 0 Å².